The van der Waals surface area contributed by atoms with Crippen LogP contribution in [-0.2, 0) is 48.6 Å². The van der Waals surface area contributed by atoms with Crippen LogP contribution >= 0.6 is 44.6 Å². The Balaban J connectivity index is -0.0000000900. The molecular weight excluding hydrogens is 407 g/mol. The van der Waals surface area contributed by atoms with E-state index in [9.17, 15) is 37.8 Å². The van der Waals surface area contributed by atoms with Crippen molar-refractivity contribution >= 4 is 44.6 Å². The Morgan fingerprint density at radius 1 is 0.842 bits per heavy atom. The predicted molar refractivity (Wildman–Crippen MR) is 56.0 cm³/mol. The quantitative estimate of drug-likeness (QED) is 0.276. The summed E-state index contributed by atoms with van der Waals surface area (Å²) in [7, 11) is -14.1. The first-order valence-electron chi connectivity index (χ1n) is 3.53. The summed E-state index contributed by atoms with van der Waals surface area (Å²) in [5.74, 6) is 0.347. The number of rotatable bonds is 5. The minimum absolute atomic E-state index is 0. The fourth-order valence-corrected chi connectivity index (χ4v) is 1.22. The van der Waals surface area contributed by atoms with Gasteiger partial charge in [-0.15, -0.1) is 11.6 Å². The number of aliphatic hydroxyl groups excluding tert-OH is 1. The maximum absolute atomic E-state index is 9.29. The van der Waals surface area contributed by atoms with E-state index in [2.05, 4.69) is 8.62 Å². The Kier molecular flexibility index (Phi) is 33.2. The fraction of sp³-hybridized carbons (Fsp3) is 1.00. The van der Waals surface area contributed by atoms with Crippen LogP contribution in [0.4, 0.5) is 0 Å². The van der Waals surface area contributed by atoms with Crippen molar-refractivity contribution in [1.29, 1.82) is 0 Å². The van der Waals surface area contributed by atoms with Crippen molar-refractivity contribution in [2.45, 2.75) is 0 Å². The average molecular weight is 416 g/mol. The molecule has 0 fully saturated rings. The second-order valence-electron chi connectivity index (χ2n) is 1.62. The predicted octanol–water partition coefficient (Wildman–Crippen LogP) is -2.78. The first-order chi connectivity index (χ1) is 8.17. The molecule has 4 unspecified atom stereocenters. The van der Waals surface area contributed by atoms with E-state index in [1.807, 2.05) is 0 Å². The van der Waals surface area contributed by atoms with Crippen LogP contribution < -0.4 is 19.6 Å². The van der Waals surface area contributed by atoms with Gasteiger partial charge in [0.1, 0.15) is 33.0 Å². The summed E-state index contributed by atoms with van der Waals surface area (Å²) in [4.78, 5) is 37.1. The van der Waals surface area contributed by atoms with Gasteiger partial charge in [0, 0.05) is 5.88 Å². The molecule has 0 aromatic carbocycles. The van der Waals surface area contributed by atoms with E-state index < -0.39 is 33.0 Å². The van der Waals surface area contributed by atoms with Crippen LogP contribution in [-0.4, -0.2) is 17.6 Å². The minimum Gasteiger partial charge on any atom is -0.781 e. The zero-order valence-corrected chi connectivity index (χ0v) is 15.1. The van der Waals surface area contributed by atoms with Gasteiger partial charge in [-0.3, -0.25) is 8.62 Å². The zero-order chi connectivity index (χ0) is 15.1. The summed E-state index contributed by atoms with van der Waals surface area (Å²) >= 11 is 4.94. The normalized spacial score (nSPS) is 15.3. The molecule has 0 heterocycles. The van der Waals surface area contributed by atoms with Crippen LogP contribution in [0.2, 0.25) is 0 Å². The molecule has 0 aliphatic rings. The topological polar surface area (TPSA) is 199 Å². The molecule has 1 N–H and O–H groups in total. The molecule has 0 aliphatic carbocycles. The van der Waals surface area contributed by atoms with Gasteiger partial charge in [-0.25, -0.2) is 0 Å². The summed E-state index contributed by atoms with van der Waals surface area (Å²) in [5.41, 5.74) is 0. The third-order valence-electron chi connectivity index (χ3n) is 0.418. The molecule has 0 saturated heterocycles. The van der Waals surface area contributed by atoms with Crippen molar-refractivity contribution < 1.29 is 73.3 Å². The Bertz CT molecular complexity index is 234. The van der Waals surface area contributed by atoms with Crippen LogP contribution in [0.1, 0.15) is 0 Å². The first-order valence-corrected chi connectivity index (χ1v) is 8.97. The van der Waals surface area contributed by atoms with Crippen molar-refractivity contribution in [3.8, 4) is 0 Å². The SMILES string of the molecule is O=[PH]([O-])O[PH](=O)[O-].O=[PH]([O-])O[PH](=O)[O-].OCCCl.[Ti+4]. The second kappa shape index (κ2) is 21.9. The van der Waals surface area contributed by atoms with Gasteiger partial charge in [0.2, 0.25) is 0 Å². The summed E-state index contributed by atoms with van der Waals surface area (Å²) in [6.45, 7) is 0.0849. The van der Waals surface area contributed by atoms with Gasteiger partial charge in [-0.2, -0.15) is 0 Å². The van der Waals surface area contributed by atoms with Gasteiger partial charge < -0.3 is 42.9 Å². The van der Waals surface area contributed by atoms with Gasteiger partial charge in [-0.1, -0.05) is 0 Å². The monoisotopic (exact) mass is 416 g/mol. The molecule has 114 valence electrons. The zero-order valence-electron chi connectivity index (χ0n) is 8.82. The first kappa shape index (κ1) is 28.8. The molecule has 17 heteroatoms. The van der Waals surface area contributed by atoms with Gasteiger partial charge in [0.15, 0.2) is 0 Å². The van der Waals surface area contributed by atoms with E-state index >= 15 is 0 Å². The molecule has 0 aromatic heterocycles. The van der Waals surface area contributed by atoms with E-state index in [-0.39, 0.29) is 28.3 Å². The molecule has 0 rings (SSSR count). The summed E-state index contributed by atoms with van der Waals surface area (Å²) in [6, 6.07) is 0. The van der Waals surface area contributed by atoms with Gasteiger partial charge in [0.25, 0.3) is 0 Å². The Labute approximate surface area is 130 Å². The van der Waals surface area contributed by atoms with Crippen molar-refractivity contribution in [3.05, 3.63) is 0 Å². The number of hydrogen-bond donors (Lipinski definition) is 1. The van der Waals surface area contributed by atoms with Crippen LogP contribution in [0, 0.1) is 0 Å². The molecule has 0 aromatic rings. The molecule has 19 heavy (non-hydrogen) atoms. The van der Waals surface area contributed by atoms with Crippen LogP contribution in [0.25, 0.3) is 0 Å². The molecule has 11 nitrogen and oxygen atoms in total. The van der Waals surface area contributed by atoms with Crippen LogP contribution in [0.5, 0.6) is 0 Å². The van der Waals surface area contributed by atoms with Crippen molar-refractivity contribution in [1.82, 2.24) is 0 Å². The maximum atomic E-state index is 9.29. The number of halogens is 1. The fourth-order valence-electron chi connectivity index (χ4n) is 0.136. The minimum atomic E-state index is -3.51. The maximum Gasteiger partial charge on any atom is 4.00 e. The van der Waals surface area contributed by atoms with Gasteiger partial charge >= 0.3 is 21.7 Å². The smallest absolute Gasteiger partial charge is 0.781 e. The van der Waals surface area contributed by atoms with E-state index in [1.165, 1.54) is 0 Å². The molecule has 0 radical (unpaired) electrons. The van der Waals surface area contributed by atoms with Gasteiger partial charge in [-0.05, 0) is 0 Å². The van der Waals surface area contributed by atoms with E-state index in [4.69, 9.17) is 16.7 Å². The third kappa shape index (κ3) is 54.0. The van der Waals surface area contributed by atoms with E-state index in [0.717, 1.165) is 0 Å². The average Bonchev–Trinajstić information content (AvgIpc) is 2.14. The summed E-state index contributed by atoms with van der Waals surface area (Å²) in [6.07, 6.45) is 0. The Morgan fingerprint density at radius 2 is 1.00 bits per heavy atom. The van der Waals surface area contributed by atoms with Crippen LogP contribution in [0.3, 0.4) is 0 Å². The van der Waals surface area contributed by atoms with E-state index in [0.29, 0.717) is 5.88 Å². The van der Waals surface area contributed by atoms with Crippen molar-refractivity contribution in [2.24, 2.45) is 0 Å². The number of alkyl halides is 1. The molecular formula is C2H9ClO11P4Ti. The Hall–Kier alpha value is 1.64. The van der Waals surface area contributed by atoms with Crippen LogP contribution in [0.15, 0.2) is 0 Å². The molecule has 4 atom stereocenters. The van der Waals surface area contributed by atoms with E-state index in [1.54, 1.807) is 0 Å². The van der Waals surface area contributed by atoms with Crippen molar-refractivity contribution in [2.75, 3.05) is 12.5 Å². The second-order valence-corrected chi connectivity index (χ2v) is 5.63. The summed E-state index contributed by atoms with van der Waals surface area (Å²) in [5, 5.41) is 7.74. The largest absolute Gasteiger partial charge is 4.00 e. The standard InChI is InChI=1S/C2H5ClO.2H4O5P2.Ti/c3-1-2-4;2*1-6(2)5-7(3)4;/h4H,1-2H2;2*6-7H,(H,1,2)(H,3,4);/q;;;+4/p-4. The molecule has 0 aliphatic heterocycles. The number of hydrogen-bond acceptors (Lipinski definition) is 11. The third-order valence-corrected chi connectivity index (χ3v) is 3.25. The number of aliphatic hydroxyl groups is 1. The van der Waals surface area contributed by atoms with Crippen molar-refractivity contribution in [3.63, 3.8) is 0 Å². The molecule has 0 amide bonds. The molecule has 0 bridgehead atoms. The Morgan fingerprint density at radius 3 is 1.00 bits per heavy atom. The molecule has 0 saturated carbocycles. The summed E-state index contributed by atoms with van der Waals surface area (Å²) < 4.78 is 43.6. The van der Waals surface area contributed by atoms with Gasteiger partial charge in [0.05, 0.1) is 6.61 Å². The molecule has 0 spiro atoms.